The molecule has 35 heavy (non-hydrogen) atoms. The van der Waals surface area contributed by atoms with Crippen molar-refractivity contribution in [3.8, 4) is 18.1 Å². The molecular formula is C24H20ClF2N3O5. The van der Waals surface area contributed by atoms with Crippen molar-refractivity contribution in [1.29, 1.82) is 0 Å². The van der Waals surface area contributed by atoms with E-state index in [1.165, 1.54) is 15.7 Å². The van der Waals surface area contributed by atoms with Crippen LogP contribution in [0.3, 0.4) is 0 Å². The number of carbonyl (C=O) groups is 2. The van der Waals surface area contributed by atoms with E-state index in [1.807, 2.05) is 6.08 Å². The van der Waals surface area contributed by atoms with Crippen LogP contribution in [0.2, 0.25) is 5.02 Å². The second-order valence-corrected chi connectivity index (χ2v) is 8.39. The number of halogens is 3. The molecule has 0 aliphatic carbocycles. The first-order valence-corrected chi connectivity index (χ1v) is 11.0. The lowest BCUT2D eigenvalue weighted by atomic mass is 9.94. The number of aromatic hydroxyl groups is 1. The Labute approximate surface area is 203 Å². The lowest BCUT2D eigenvalue weighted by molar-refractivity contribution is 0.0345. The predicted molar refractivity (Wildman–Crippen MR) is 122 cm³/mol. The van der Waals surface area contributed by atoms with E-state index in [-0.39, 0.29) is 37.1 Å². The molecule has 0 saturated heterocycles. The molecule has 0 saturated carbocycles. The molecule has 11 heteroatoms. The van der Waals surface area contributed by atoms with Crippen LogP contribution in [0.15, 0.2) is 35.3 Å². The molecule has 2 N–H and O–H groups in total. The number of terminal acetylenes is 1. The molecule has 0 spiro atoms. The monoisotopic (exact) mass is 503 g/mol. The molecule has 1 unspecified atom stereocenters. The van der Waals surface area contributed by atoms with Crippen molar-refractivity contribution in [2.45, 2.75) is 25.0 Å². The van der Waals surface area contributed by atoms with Crippen molar-refractivity contribution in [3.05, 3.63) is 74.2 Å². The molecule has 0 bridgehead atoms. The van der Waals surface area contributed by atoms with Crippen LogP contribution in [-0.4, -0.2) is 52.2 Å². The van der Waals surface area contributed by atoms with Crippen LogP contribution in [0, 0.1) is 24.0 Å². The topological polar surface area (TPSA) is 101 Å². The van der Waals surface area contributed by atoms with Crippen molar-refractivity contribution in [2.75, 3.05) is 19.8 Å². The molecule has 1 aromatic carbocycles. The summed E-state index contributed by atoms with van der Waals surface area (Å²) in [6.07, 6.45) is 10.7. The molecule has 182 valence electrons. The average Bonchev–Trinajstić information content (AvgIpc) is 2.85. The minimum Gasteiger partial charge on any atom is -0.503 e. The van der Waals surface area contributed by atoms with E-state index >= 15 is 0 Å². The van der Waals surface area contributed by atoms with Crippen LogP contribution >= 0.6 is 11.6 Å². The zero-order valence-electron chi connectivity index (χ0n) is 18.3. The third-order valence-electron chi connectivity index (χ3n) is 6.00. The molecule has 2 aliphatic heterocycles. The first kappa shape index (κ1) is 24.4. The van der Waals surface area contributed by atoms with Gasteiger partial charge >= 0.3 is 0 Å². The maximum Gasteiger partial charge on any atom is 0.275 e. The summed E-state index contributed by atoms with van der Waals surface area (Å²) in [5.41, 5.74) is -1.89. The van der Waals surface area contributed by atoms with Crippen LogP contribution in [0.4, 0.5) is 8.78 Å². The molecule has 0 radical (unpaired) electrons. The number of fused-ring (bicyclic) bond motifs is 2. The molecule has 1 aromatic heterocycles. The SMILES string of the molecule is C#CCOC[C@H]1C2CC=CCN2C(=O)c2c(O)c(=O)c(C(=O)NCc3ccc(F)c(Cl)c3F)cn21. The van der Waals surface area contributed by atoms with Gasteiger partial charge in [-0.25, -0.2) is 8.78 Å². The fourth-order valence-corrected chi connectivity index (χ4v) is 4.45. The summed E-state index contributed by atoms with van der Waals surface area (Å²) in [7, 11) is 0. The molecule has 2 aliphatic rings. The van der Waals surface area contributed by atoms with Gasteiger partial charge in [0.1, 0.15) is 28.8 Å². The number of aromatic nitrogens is 1. The van der Waals surface area contributed by atoms with Gasteiger partial charge in [-0.15, -0.1) is 6.42 Å². The number of pyridine rings is 1. The summed E-state index contributed by atoms with van der Waals surface area (Å²) in [5, 5.41) is 12.3. The Kier molecular flexibility index (Phi) is 6.91. The van der Waals surface area contributed by atoms with Gasteiger partial charge in [0.2, 0.25) is 5.43 Å². The largest absolute Gasteiger partial charge is 0.503 e. The molecule has 0 fully saturated rings. The number of ether oxygens (including phenoxy) is 1. The molecule has 2 amide bonds. The van der Waals surface area contributed by atoms with Gasteiger partial charge in [0, 0.05) is 24.8 Å². The standard InChI is InChI=1S/C24H20ClF2N3O5/c1-2-9-35-12-17-16-5-3-4-8-29(16)24(34)20-22(32)21(31)14(11-30(17)20)23(33)28-10-13-6-7-15(26)18(25)19(13)27/h1,3-4,6-7,11,16-17,32H,5,8-10,12H2,(H,28,33)/t16?,17-/m0/s1. The lowest BCUT2D eigenvalue weighted by Crippen LogP contribution is -2.54. The van der Waals surface area contributed by atoms with Gasteiger partial charge in [0.15, 0.2) is 11.4 Å². The van der Waals surface area contributed by atoms with Gasteiger partial charge in [0.05, 0.1) is 18.7 Å². The third kappa shape index (κ3) is 4.40. The first-order valence-electron chi connectivity index (χ1n) is 10.6. The highest BCUT2D eigenvalue weighted by atomic mass is 35.5. The Bertz CT molecular complexity index is 1330. The zero-order chi connectivity index (χ0) is 25.3. The van der Waals surface area contributed by atoms with E-state index < -0.39 is 57.8 Å². The summed E-state index contributed by atoms with van der Waals surface area (Å²) >= 11 is 5.56. The van der Waals surface area contributed by atoms with E-state index in [1.54, 1.807) is 6.08 Å². The highest BCUT2D eigenvalue weighted by Crippen LogP contribution is 2.34. The normalized spacial score (nSPS) is 18.6. The highest BCUT2D eigenvalue weighted by Gasteiger charge is 2.42. The molecule has 8 nitrogen and oxygen atoms in total. The predicted octanol–water partition coefficient (Wildman–Crippen LogP) is 2.39. The van der Waals surface area contributed by atoms with Crippen LogP contribution in [-0.2, 0) is 11.3 Å². The van der Waals surface area contributed by atoms with Gasteiger partial charge in [0.25, 0.3) is 11.8 Å². The summed E-state index contributed by atoms with van der Waals surface area (Å²) in [6.45, 7) is -0.0476. The number of amides is 2. The van der Waals surface area contributed by atoms with Gasteiger partial charge in [-0.1, -0.05) is 35.7 Å². The number of nitrogens with zero attached hydrogens (tertiary/aromatic N) is 2. The summed E-state index contributed by atoms with van der Waals surface area (Å²) in [6, 6.07) is 1.15. The van der Waals surface area contributed by atoms with Crippen LogP contribution in [0.1, 0.15) is 38.9 Å². The van der Waals surface area contributed by atoms with E-state index in [2.05, 4.69) is 11.2 Å². The number of hydrogen-bond acceptors (Lipinski definition) is 5. The smallest absolute Gasteiger partial charge is 0.275 e. The molecule has 3 heterocycles. The van der Waals surface area contributed by atoms with Crippen molar-refractivity contribution < 1.29 is 28.2 Å². The van der Waals surface area contributed by atoms with Gasteiger partial charge in [-0.3, -0.25) is 14.4 Å². The van der Waals surface area contributed by atoms with Gasteiger partial charge in [-0.2, -0.15) is 0 Å². The Morgan fingerprint density at radius 1 is 1.31 bits per heavy atom. The second-order valence-electron chi connectivity index (χ2n) is 8.01. The van der Waals surface area contributed by atoms with Crippen LogP contribution in [0.5, 0.6) is 5.75 Å². The van der Waals surface area contributed by atoms with Crippen molar-refractivity contribution in [1.82, 2.24) is 14.8 Å². The number of benzene rings is 1. The molecule has 2 aromatic rings. The third-order valence-corrected chi connectivity index (χ3v) is 6.34. The second kappa shape index (κ2) is 9.90. The molecular weight excluding hydrogens is 484 g/mol. The van der Waals surface area contributed by atoms with E-state index in [9.17, 15) is 28.3 Å². The summed E-state index contributed by atoms with van der Waals surface area (Å²) < 4.78 is 34.4. The lowest BCUT2D eigenvalue weighted by Gasteiger charge is -2.44. The van der Waals surface area contributed by atoms with E-state index in [0.717, 1.165) is 12.1 Å². The van der Waals surface area contributed by atoms with E-state index in [0.29, 0.717) is 6.42 Å². The van der Waals surface area contributed by atoms with E-state index in [4.69, 9.17) is 22.8 Å². The first-order chi connectivity index (χ1) is 16.8. The Hall–Kier alpha value is -3.68. The maximum absolute atomic E-state index is 14.2. The van der Waals surface area contributed by atoms with Gasteiger partial charge in [-0.05, 0) is 12.5 Å². The summed E-state index contributed by atoms with van der Waals surface area (Å²) in [4.78, 5) is 40.3. The van der Waals surface area contributed by atoms with Crippen molar-refractivity contribution in [3.63, 3.8) is 0 Å². The van der Waals surface area contributed by atoms with Crippen molar-refractivity contribution >= 4 is 23.4 Å². The van der Waals surface area contributed by atoms with Crippen molar-refractivity contribution in [2.24, 2.45) is 0 Å². The minimum atomic E-state index is -1.06. The number of rotatable bonds is 6. The zero-order valence-corrected chi connectivity index (χ0v) is 19.0. The number of nitrogens with one attached hydrogen (secondary N) is 1. The Balaban J connectivity index is 1.70. The van der Waals surface area contributed by atoms with Gasteiger partial charge < -0.3 is 24.6 Å². The average molecular weight is 504 g/mol. The maximum atomic E-state index is 14.2. The van der Waals surface area contributed by atoms with Crippen LogP contribution < -0.4 is 10.7 Å². The van der Waals surface area contributed by atoms with Crippen LogP contribution in [0.25, 0.3) is 0 Å². The molecule has 2 atom stereocenters. The number of hydrogen-bond donors (Lipinski definition) is 2. The molecule has 4 rings (SSSR count). The highest BCUT2D eigenvalue weighted by molar-refractivity contribution is 6.30. The quantitative estimate of drug-likeness (QED) is 0.273. The number of carbonyl (C=O) groups excluding carboxylic acids is 2. The Morgan fingerprint density at radius 3 is 2.83 bits per heavy atom. The Morgan fingerprint density at radius 2 is 2.09 bits per heavy atom. The fraction of sp³-hybridized carbons (Fsp3) is 0.292. The fourth-order valence-electron chi connectivity index (χ4n) is 4.26. The minimum absolute atomic E-state index is 0.00760. The summed E-state index contributed by atoms with van der Waals surface area (Å²) in [5.74, 6) is -2.01.